The van der Waals surface area contributed by atoms with E-state index in [-0.39, 0.29) is 13.2 Å². The van der Waals surface area contributed by atoms with Crippen molar-refractivity contribution in [2.45, 2.75) is 0 Å². The normalized spacial score (nSPS) is 9.39. The van der Waals surface area contributed by atoms with Crippen molar-refractivity contribution in [2.24, 2.45) is 0 Å². The summed E-state index contributed by atoms with van der Waals surface area (Å²) in [6.07, 6.45) is 0.715. The summed E-state index contributed by atoms with van der Waals surface area (Å²) < 4.78 is 9.51. The molecule has 1 aromatic rings. The van der Waals surface area contributed by atoms with Crippen LogP contribution in [0, 0.1) is 0 Å². The molecule has 0 bridgehead atoms. The highest BCUT2D eigenvalue weighted by molar-refractivity contribution is 5.82. The van der Waals surface area contributed by atoms with Crippen molar-refractivity contribution in [1.29, 1.82) is 0 Å². The van der Waals surface area contributed by atoms with E-state index in [0.717, 1.165) is 0 Å². The van der Waals surface area contributed by atoms with E-state index in [1.807, 2.05) is 0 Å². The minimum Gasteiger partial charge on any atom is -0.484 e. The highest BCUT2D eigenvalue weighted by Crippen LogP contribution is 2.10. The van der Waals surface area contributed by atoms with Crippen molar-refractivity contribution in [3.8, 4) is 5.75 Å². The molecule has 0 spiro atoms. The molecule has 0 aliphatic rings. The molecule has 0 atom stereocenters. The number of ether oxygens (including phenoxy) is 2. The Morgan fingerprint density at radius 3 is 2.50 bits per heavy atom. The molecule has 1 aromatic carbocycles. The Labute approximate surface area is 104 Å². The molecule has 0 fully saturated rings. The van der Waals surface area contributed by atoms with E-state index in [1.165, 1.54) is 7.11 Å². The minimum absolute atomic E-state index is 0.192. The summed E-state index contributed by atoms with van der Waals surface area (Å²) in [4.78, 5) is 32.4. The molecule has 0 saturated heterocycles. The Hall–Kier alpha value is -2.37. The van der Waals surface area contributed by atoms with Gasteiger partial charge in [-0.25, -0.2) is 0 Å². The molecule has 0 radical (unpaired) electrons. The fraction of sp³-hybridized carbons (Fsp3) is 0.250. The molecule has 1 rings (SSSR count). The van der Waals surface area contributed by atoms with Gasteiger partial charge in [-0.1, -0.05) is 0 Å². The van der Waals surface area contributed by atoms with E-state index in [2.05, 4.69) is 10.1 Å². The van der Waals surface area contributed by atoms with E-state index in [0.29, 0.717) is 17.6 Å². The third kappa shape index (κ3) is 4.65. The van der Waals surface area contributed by atoms with E-state index in [9.17, 15) is 14.4 Å². The number of hydrogen-bond donors (Lipinski definition) is 1. The molecule has 0 aliphatic carbocycles. The van der Waals surface area contributed by atoms with Crippen LogP contribution in [0.2, 0.25) is 0 Å². The third-order valence-electron chi connectivity index (χ3n) is 2.04. The summed E-state index contributed by atoms with van der Waals surface area (Å²) in [5.41, 5.74) is 0.525. The van der Waals surface area contributed by atoms with Crippen LogP contribution in [0.3, 0.4) is 0 Å². The van der Waals surface area contributed by atoms with Gasteiger partial charge in [0, 0.05) is 5.56 Å². The average molecular weight is 251 g/mol. The second kappa shape index (κ2) is 7.05. The Morgan fingerprint density at radius 1 is 1.28 bits per heavy atom. The molecule has 6 heteroatoms. The maximum atomic E-state index is 11.3. The molecule has 0 aliphatic heterocycles. The van der Waals surface area contributed by atoms with Gasteiger partial charge in [0.15, 0.2) is 6.61 Å². The van der Waals surface area contributed by atoms with Crippen LogP contribution in [0.1, 0.15) is 10.4 Å². The van der Waals surface area contributed by atoms with Crippen LogP contribution >= 0.6 is 0 Å². The number of carbonyl (C=O) groups excluding carboxylic acids is 3. The second-order valence-electron chi connectivity index (χ2n) is 3.33. The van der Waals surface area contributed by atoms with Crippen LogP contribution < -0.4 is 10.1 Å². The number of esters is 1. The third-order valence-corrected chi connectivity index (χ3v) is 2.04. The number of amides is 1. The Kier molecular flexibility index (Phi) is 5.37. The maximum absolute atomic E-state index is 11.3. The molecule has 0 saturated carbocycles. The molecule has 0 heterocycles. The van der Waals surface area contributed by atoms with E-state index in [4.69, 9.17) is 4.74 Å². The molecular formula is C12H13NO5. The molecule has 0 aromatic heterocycles. The molecule has 1 N–H and O–H groups in total. The Balaban J connectivity index is 2.33. The van der Waals surface area contributed by atoms with E-state index >= 15 is 0 Å². The highest BCUT2D eigenvalue weighted by Gasteiger charge is 2.05. The van der Waals surface area contributed by atoms with Crippen molar-refractivity contribution in [2.75, 3.05) is 20.3 Å². The molecule has 96 valence electrons. The first-order valence-corrected chi connectivity index (χ1v) is 5.17. The van der Waals surface area contributed by atoms with Crippen LogP contribution in [0.15, 0.2) is 24.3 Å². The zero-order valence-electron chi connectivity index (χ0n) is 9.84. The number of carbonyl (C=O) groups is 3. The predicted molar refractivity (Wildman–Crippen MR) is 62.4 cm³/mol. The summed E-state index contributed by atoms with van der Waals surface area (Å²) in [6.45, 7) is -0.403. The second-order valence-corrected chi connectivity index (χ2v) is 3.33. The van der Waals surface area contributed by atoms with Gasteiger partial charge in [0.05, 0.1) is 7.11 Å². The van der Waals surface area contributed by atoms with Gasteiger partial charge < -0.3 is 14.8 Å². The van der Waals surface area contributed by atoms with Crippen molar-refractivity contribution >= 4 is 18.2 Å². The first-order chi connectivity index (χ1) is 8.65. The molecule has 18 heavy (non-hydrogen) atoms. The summed E-state index contributed by atoms with van der Waals surface area (Å²) >= 11 is 0. The number of benzene rings is 1. The van der Waals surface area contributed by atoms with Gasteiger partial charge in [-0.3, -0.25) is 14.4 Å². The summed E-state index contributed by atoms with van der Waals surface area (Å²) in [7, 11) is 1.24. The Morgan fingerprint density at radius 2 is 1.94 bits per heavy atom. The molecule has 6 nitrogen and oxygen atoms in total. The van der Waals surface area contributed by atoms with E-state index in [1.54, 1.807) is 24.3 Å². The largest absolute Gasteiger partial charge is 0.484 e. The lowest BCUT2D eigenvalue weighted by Gasteiger charge is -2.06. The standard InChI is InChI=1S/C12H13NO5/c1-17-12(16)6-13-11(15)8-18-10-4-2-9(7-14)3-5-10/h2-5,7H,6,8H2,1H3,(H,13,15). The summed E-state index contributed by atoms with van der Waals surface area (Å²) in [5.74, 6) is -0.493. The fourth-order valence-corrected chi connectivity index (χ4v) is 1.09. The summed E-state index contributed by atoms with van der Waals surface area (Å²) in [6, 6.07) is 6.32. The monoisotopic (exact) mass is 251 g/mol. The minimum atomic E-state index is -0.529. The first-order valence-electron chi connectivity index (χ1n) is 5.17. The number of rotatable bonds is 6. The van der Waals surface area contributed by atoms with Crippen molar-refractivity contribution in [3.05, 3.63) is 29.8 Å². The first kappa shape index (κ1) is 13.7. The van der Waals surface area contributed by atoms with Crippen LogP contribution in [0.5, 0.6) is 5.75 Å². The van der Waals surface area contributed by atoms with Gasteiger partial charge in [0.2, 0.25) is 0 Å². The van der Waals surface area contributed by atoms with Crippen LogP contribution in [0.4, 0.5) is 0 Å². The number of hydrogen-bond acceptors (Lipinski definition) is 5. The van der Waals surface area contributed by atoms with Crippen LogP contribution in [0.25, 0.3) is 0 Å². The maximum Gasteiger partial charge on any atom is 0.325 e. The van der Waals surface area contributed by atoms with Crippen molar-refractivity contribution in [1.82, 2.24) is 5.32 Å². The lowest BCUT2D eigenvalue weighted by molar-refractivity contribution is -0.141. The Bertz CT molecular complexity index is 427. The molecular weight excluding hydrogens is 238 g/mol. The lowest BCUT2D eigenvalue weighted by Crippen LogP contribution is -2.33. The average Bonchev–Trinajstić information content (AvgIpc) is 2.42. The summed E-state index contributed by atoms with van der Waals surface area (Å²) in [5, 5.41) is 2.33. The molecule has 1 amide bonds. The van der Waals surface area contributed by atoms with Gasteiger partial charge in [-0.2, -0.15) is 0 Å². The van der Waals surface area contributed by atoms with Gasteiger partial charge in [-0.15, -0.1) is 0 Å². The number of nitrogens with one attached hydrogen (secondary N) is 1. The quantitative estimate of drug-likeness (QED) is 0.575. The fourth-order valence-electron chi connectivity index (χ4n) is 1.09. The highest BCUT2D eigenvalue weighted by atomic mass is 16.5. The predicted octanol–water partition coefficient (Wildman–Crippen LogP) is 0.167. The number of aldehydes is 1. The SMILES string of the molecule is COC(=O)CNC(=O)COc1ccc(C=O)cc1. The molecule has 0 unspecified atom stereocenters. The van der Waals surface area contributed by atoms with Crippen LogP contribution in [-0.2, 0) is 14.3 Å². The van der Waals surface area contributed by atoms with Crippen molar-refractivity contribution in [3.63, 3.8) is 0 Å². The zero-order valence-corrected chi connectivity index (χ0v) is 9.84. The van der Waals surface area contributed by atoms with Gasteiger partial charge in [0.1, 0.15) is 18.6 Å². The topological polar surface area (TPSA) is 81.7 Å². The zero-order chi connectivity index (χ0) is 13.4. The van der Waals surface area contributed by atoms with Gasteiger partial charge in [-0.05, 0) is 24.3 Å². The van der Waals surface area contributed by atoms with Gasteiger partial charge in [0.25, 0.3) is 5.91 Å². The number of methoxy groups -OCH3 is 1. The van der Waals surface area contributed by atoms with Crippen molar-refractivity contribution < 1.29 is 23.9 Å². The van der Waals surface area contributed by atoms with Gasteiger partial charge >= 0.3 is 5.97 Å². The lowest BCUT2D eigenvalue weighted by atomic mass is 10.2. The van der Waals surface area contributed by atoms with Crippen LogP contribution in [-0.4, -0.2) is 38.4 Å². The van der Waals surface area contributed by atoms with E-state index < -0.39 is 11.9 Å². The smallest absolute Gasteiger partial charge is 0.325 e.